The maximum atomic E-state index is 14.1. The number of methoxy groups -OCH3 is 1. The molecule has 0 radical (unpaired) electrons. The summed E-state index contributed by atoms with van der Waals surface area (Å²) in [7, 11) is 1.60. The number of hydrogen-bond donors (Lipinski definition) is 1. The second-order valence-corrected chi connectivity index (χ2v) is 16.4. The van der Waals surface area contributed by atoms with Crippen molar-refractivity contribution in [3.05, 3.63) is 94.5 Å². The van der Waals surface area contributed by atoms with Crippen LogP contribution in [0.2, 0.25) is 0 Å². The number of rotatable bonds is 12. The first-order valence-corrected chi connectivity index (χ1v) is 18.4. The number of carbonyl (C=O) groups excluding carboxylic acids is 4. The number of ketones is 3. The molecule has 0 spiro atoms. The Labute approximate surface area is 312 Å². The number of esters is 1. The van der Waals surface area contributed by atoms with E-state index < -0.39 is 46.6 Å². The van der Waals surface area contributed by atoms with Crippen molar-refractivity contribution in [2.45, 2.75) is 84.6 Å². The SMILES string of the molecule is COc1cc(C(C)(C)C)c(OC(=O)C[C@@H](C)[C@H](CN2[C@H](C(=O)O)CCCN2CC(=O)c2ccccc2)C2C(=O)c3ccccc3C2=O)c(C(C)(C)C)c1. The molecule has 3 atom stereocenters. The molecule has 0 unspecified atom stereocenters. The molecule has 0 bridgehead atoms. The number of benzene rings is 3. The van der Waals surface area contributed by atoms with Gasteiger partial charge in [0.25, 0.3) is 0 Å². The summed E-state index contributed by atoms with van der Waals surface area (Å²) in [6, 6.07) is 18.2. The molecule has 1 saturated heterocycles. The number of nitrogens with zero attached hydrogens (tertiary/aromatic N) is 2. The molecule has 2 aliphatic rings. The summed E-state index contributed by atoms with van der Waals surface area (Å²) in [6.45, 7) is 14.3. The summed E-state index contributed by atoms with van der Waals surface area (Å²) in [4.78, 5) is 68.3. The van der Waals surface area contributed by atoms with Gasteiger partial charge in [0.05, 0.1) is 19.6 Å². The van der Waals surface area contributed by atoms with Gasteiger partial charge in [-0.3, -0.25) is 24.0 Å². The standard InChI is InChI=1S/C43H52N2O8/c1-26(21-36(47)53-40-32(42(2,3)4)22-28(52-8)23-33(40)43(5,6)7)31(37-38(48)29-17-12-13-18-30(29)39(37)49)24-45-34(41(50)51)19-14-20-44(45)25-35(46)27-15-10-9-11-16-27/h9-13,15-18,22-23,26,31,34,37H,14,19-21,24-25H2,1-8H3,(H,50,51)/t26-,31+,34+/m1/s1. The van der Waals surface area contributed by atoms with Crippen LogP contribution in [-0.4, -0.2) is 77.2 Å². The van der Waals surface area contributed by atoms with Gasteiger partial charge in [-0.05, 0) is 47.6 Å². The lowest BCUT2D eigenvalue weighted by Crippen LogP contribution is -2.59. The van der Waals surface area contributed by atoms with Crippen LogP contribution >= 0.6 is 0 Å². The third-order valence-corrected chi connectivity index (χ3v) is 10.5. The molecule has 1 heterocycles. The predicted molar refractivity (Wildman–Crippen MR) is 202 cm³/mol. The average molecular weight is 725 g/mol. The fourth-order valence-electron chi connectivity index (χ4n) is 7.59. The van der Waals surface area contributed by atoms with E-state index in [2.05, 4.69) is 0 Å². The molecule has 0 aromatic heterocycles. The number of hydrogen-bond acceptors (Lipinski definition) is 9. The van der Waals surface area contributed by atoms with Crippen molar-refractivity contribution in [2.75, 3.05) is 26.7 Å². The lowest BCUT2D eigenvalue weighted by molar-refractivity contribution is -0.162. The molecule has 53 heavy (non-hydrogen) atoms. The van der Waals surface area contributed by atoms with Crippen molar-refractivity contribution in [3.63, 3.8) is 0 Å². The Bertz CT molecular complexity index is 1800. The minimum Gasteiger partial charge on any atom is -0.497 e. The number of Topliss-reactive ketones (excluding diaryl/α,β-unsaturated/α-hetero) is 3. The van der Waals surface area contributed by atoms with E-state index >= 15 is 0 Å². The third kappa shape index (κ3) is 8.60. The molecular formula is C43H52N2O8. The van der Waals surface area contributed by atoms with Crippen LogP contribution in [0, 0.1) is 17.8 Å². The summed E-state index contributed by atoms with van der Waals surface area (Å²) in [6.07, 6.45) is 0.721. The van der Waals surface area contributed by atoms with E-state index in [1.807, 2.05) is 59.7 Å². The molecule has 0 amide bonds. The minimum atomic E-state index is -1.14. The topological polar surface area (TPSA) is 131 Å². The number of carbonyl (C=O) groups is 5. The lowest BCUT2D eigenvalue weighted by atomic mass is 9.77. The zero-order valence-electron chi connectivity index (χ0n) is 32.1. The van der Waals surface area contributed by atoms with E-state index in [0.717, 1.165) is 11.1 Å². The van der Waals surface area contributed by atoms with Gasteiger partial charge < -0.3 is 14.6 Å². The lowest BCUT2D eigenvalue weighted by Gasteiger charge is -2.45. The molecule has 10 nitrogen and oxygen atoms in total. The Hall–Kier alpha value is -4.67. The summed E-state index contributed by atoms with van der Waals surface area (Å²) in [5.41, 5.74) is 1.90. The summed E-state index contributed by atoms with van der Waals surface area (Å²) in [5.74, 6) is -3.93. The van der Waals surface area contributed by atoms with Gasteiger partial charge in [0, 0.05) is 47.3 Å². The van der Waals surface area contributed by atoms with Crippen LogP contribution in [0.1, 0.15) is 110 Å². The first-order valence-electron chi connectivity index (χ1n) is 18.4. The maximum absolute atomic E-state index is 14.1. The van der Waals surface area contributed by atoms with Gasteiger partial charge in [-0.1, -0.05) is 103 Å². The average Bonchev–Trinajstić information content (AvgIpc) is 3.35. The summed E-state index contributed by atoms with van der Waals surface area (Å²) in [5, 5.41) is 13.8. The van der Waals surface area contributed by atoms with E-state index in [4.69, 9.17) is 9.47 Å². The summed E-state index contributed by atoms with van der Waals surface area (Å²) < 4.78 is 11.9. The monoisotopic (exact) mass is 724 g/mol. The van der Waals surface area contributed by atoms with Gasteiger partial charge in [-0.15, -0.1) is 0 Å². The smallest absolute Gasteiger partial charge is 0.322 e. The Morgan fingerprint density at radius 1 is 0.868 bits per heavy atom. The first kappa shape index (κ1) is 39.5. The maximum Gasteiger partial charge on any atom is 0.322 e. The van der Waals surface area contributed by atoms with Crippen molar-refractivity contribution in [2.24, 2.45) is 17.8 Å². The van der Waals surface area contributed by atoms with Crippen LogP contribution in [0.5, 0.6) is 11.5 Å². The van der Waals surface area contributed by atoms with Crippen molar-refractivity contribution in [1.29, 1.82) is 0 Å². The largest absolute Gasteiger partial charge is 0.497 e. The van der Waals surface area contributed by atoms with Gasteiger partial charge in [0.1, 0.15) is 17.5 Å². The quantitative estimate of drug-likeness (QED) is 0.0887. The highest BCUT2D eigenvalue weighted by atomic mass is 16.5. The van der Waals surface area contributed by atoms with E-state index in [0.29, 0.717) is 47.6 Å². The van der Waals surface area contributed by atoms with Gasteiger partial charge in [0.15, 0.2) is 17.3 Å². The fraction of sp³-hybridized carbons (Fsp3) is 0.465. The zero-order chi connectivity index (χ0) is 38.8. The van der Waals surface area contributed by atoms with Crippen LogP contribution in [0.4, 0.5) is 0 Å². The van der Waals surface area contributed by atoms with E-state index in [9.17, 15) is 29.1 Å². The minimum absolute atomic E-state index is 0.0351. The number of carboxylic acids is 1. The van der Waals surface area contributed by atoms with Crippen molar-refractivity contribution < 1.29 is 38.6 Å². The van der Waals surface area contributed by atoms with Gasteiger partial charge in [-0.25, -0.2) is 10.0 Å². The molecular weight excluding hydrogens is 672 g/mol. The molecule has 3 aromatic carbocycles. The molecule has 3 aromatic rings. The molecule has 1 fully saturated rings. The van der Waals surface area contributed by atoms with Crippen molar-refractivity contribution in [3.8, 4) is 11.5 Å². The molecule has 1 aliphatic heterocycles. The predicted octanol–water partition coefficient (Wildman–Crippen LogP) is 7.18. The van der Waals surface area contributed by atoms with Crippen LogP contribution in [0.25, 0.3) is 0 Å². The Morgan fingerprint density at radius 3 is 1.92 bits per heavy atom. The van der Waals surface area contributed by atoms with Gasteiger partial charge in [0.2, 0.25) is 0 Å². The number of fused-ring (bicyclic) bond motifs is 1. The van der Waals surface area contributed by atoms with Crippen molar-refractivity contribution >= 4 is 29.3 Å². The normalized spacial score (nSPS) is 18.4. The van der Waals surface area contributed by atoms with E-state index in [1.54, 1.807) is 72.6 Å². The molecule has 1 N–H and O–H groups in total. The Balaban J connectivity index is 1.51. The van der Waals surface area contributed by atoms with Gasteiger partial charge in [-0.2, -0.15) is 0 Å². The second-order valence-electron chi connectivity index (χ2n) is 16.4. The first-order chi connectivity index (χ1) is 24.9. The van der Waals surface area contributed by atoms with Crippen molar-refractivity contribution in [1.82, 2.24) is 10.0 Å². The van der Waals surface area contributed by atoms with Crippen LogP contribution in [-0.2, 0) is 20.4 Å². The highest BCUT2D eigenvalue weighted by molar-refractivity contribution is 6.26. The number of hydrazine groups is 1. The Morgan fingerprint density at radius 2 is 1.42 bits per heavy atom. The summed E-state index contributed by atoms with van der Waals surface area (Å²) >= 11 is 0. The fourth-order valence-corrected chi connectivity index (χ4v) is 7.59. The second kappa shape index (κ2) is 15.7. The van der Waals surface area contributed by atoms with E-state index in [-0.39, 0.29) is 36.9 Å². The third-order valence-electron chi connectivity index (χ3n) is 10.5. The van der Waals surface area contributed by atoms with Gasteiger partial charge >= 0.3 is 11.9 Å². The number of ether oxygens (including phenoxy) is 2. The van der Waals surface area contributed by atoms with Crippen LogP contribution in [0.3, 0.4) is 0 Å². The highest BCUT2D eigenvalue weighted by Crippen LogP contribution is 2.43. The Kier molecular flexibility index (Phi) is 11.7. The molecule has 5 rings (SSSR count). The van der Waals surface area contributed by atoms with E-state index in [1.165, 1.54) is 0 Å². The van der Waals surface area contributed by atoms with Crippen LogP contribution in [0.15, 0.2) is 66.7 Å². The molecule has 10 heteroatoms. The zero-order valence-corrected chi connectivity index (χ0v) is 32.1. The number of aliphatic carboxylic acids is 1. The molecule has 1 aliphatic carbocycles. The van der Waals surface area contributed by atoms with Crippen LogP contribution < -0.4 is 9.47 Å². The molecule has 0 saturated carbocycles. The number of carboxylic acid groups (broad SMARTS) is 1. The highest BCUT2D eigenvalue weighted by Gasteiger charge is 2.48. The molecule has 282 valence electrons.